The van der Waals surface area contributed by atoms with E-state index < -0.39 is 10.8 Å². The van der Waals surface area contributed by atoms with Crippen LogP contribution in [0.4, 0.5) is 17.1 Å². The van der Waals surface area contributed by atoms with Crippen molar-refractivity contribution in [2.75, 3.05) is 36.5 Å². The zero-order valence-corrected chi connectivity index (χ0v) is 18.1. The van der Waals surface area contributed by atoms with Gasteiger partial charge in [0.15, 0.2) is 5.11 Å². The first kappa shape index (κ1) is 21.4. The number of anilines is 2. The molecule has 1 fully saturated rings. The summed E-state index contributed by atoms with van der Waals surface area (Å²) < 4.78 is 6.14. The molecular weight excluding hydrogens is 484 g/mol. The van der Waals surface area contributed by atoms with Crippen LogP contribution >= 0.6 is 39.7 Å². The fourth-order valence-electron chi connectivity index (χ4n) is 2.81. The first-order chi connectivity index (χ1) is 13.8. The van der Waals surface area contributed by atoms with E-state index in [2.05, 4.69) is 26.6 Å². The molecule has 1 saturated heterocycles. The van der Waals surface area contributed by atoms with Gasteiger partial charge < -0.3 is 15.0 Å². The van der Waals surface area contributed by atoms with Crippen molar-refractivity contribution in [1.82, 2.24) is 5.32 Å². The van der Waals surface area contributed by atoms with E-state index in [1.807, 2.05) is 4.90 Å². The molecule has 1 aliphatic heterocycles. The van der Waals surface area contributed by atoms with Gasteiger partial charge in [0.1, 0.15) is 0 Å². The second kappa shape index (κ2) is 9.49. The number of thiocarbonyl (C=S) groups is 1. The summed E-state index contributed by atoms with van der Waals surface area (Å²) >= 11 is 14.7. The second-order valence-electron chi connectivity index (χ2n) is 6.09. The average molecular weight is 500 g/mol. The van der Waals surface area contributed by atoms with E-state index in [9.17, 15) is 14.9 Å². The minimum absolute atomic E-state index is 0.0265. The molecule has 1 heterocycles. The van der Waals surface area contributed by atoms with Gasteiger partial charge in [0.25, 0.3) is 11.6 Å². The maximum Gasteiger partial charge on any atom is 0.270 e. The summed E-state index contributed by atoms with van der Waals surface area (Å²) in [5.41, 5.74) is 1.09. The number of nitrogens with zero attached hydrogens (tertiary/aromatic N) is 2. The minimum Gasteiger partial charge on any atom is -0.378 e. The van der Waals surface area contributed by atoms with Gasteiger partial charge in [-0.3, -0.25) is 20.2 Å². The van der Waals surface area contributed by atoms with Crippen molar-refractivity contribution in [3.63, 3.8) is 0 Å². The number of halogens is 2. The highest BCUT2D eigenvalue weighted by molar-refractivity contribution is 9.10. The predicted molar refractivity (Wildman–Crippen MR) is 119 cm³/mol. The predicted octanol–water partition coefficient (Wildman–Crippen LogP) is 3.97. The number of non-ortho nitro benzene ring substituents is 1. The zero-order chi connectivity index (χ0) is 21.0. The Morgan fingerprint density at radius 1 is 1.24 bits per heavy atom. The lowest BCUT2D eigenvalue weighted by atomic mass is 10.1. The summed E-state index contributed by atoms with van der Waals surface area (Å²) in [5.74, 6) is -0.555. The number of hydrogen-bond acceptors (Lipinski definition) is 6. The number of ether oxygens (including phenoxy) is 1. The number of carbonyl (C=O) groups is 1. The molecule has 0 radical (unpaired) electrons. The molecule has 0 bridgehead atoms. The molecule has 3 rings (SSSR count). The number of benzene rings is 2. The number of nitrogens with one attached hydrogen (secondary N) is 2. The van der Waals surface area contributed by atoms with Gasteiger partial charge in [-0.25, -0.2) is 0 Å². The van der Waals surface area contributed by atoms with Crippen LogP contribution in [0.15, 0.2) is 40.9 Å². The molecule has 0 unspecified atom stereocenters. The number of nitro benzene ring substituents is 1. The molecule has 2 aromatic rings. The van der Waals surface area contributed by atoms with Crippen LogP contribution in [-0.4, -0.2) is 42.2 Å². The average Bonchev–Trinajstić information content (AvgIpc) is 2.70. The standard InChI is InChI=1S/C18H16BrClN4O4S/c19-11-1-3-15(14(20)9-11)21-18(29)22-17(25)13-10-12(24(26)27)2-4-16(13)23-5-7-28-8-6-23/h1-4,9-10H,5-8H2,(H2,21,22,25,29). The Kier molecular flexibility index (Phi) is 7.01. The topological polar surface area (TPSA) is 96.7 Å². The van der Waals surface area contributed by atoms with Crippen molar-refractivity contribution >= 4 is 67.8 Å². The van der Waals surface area contributed by atoms with E-state index in [4.69, 9.17) is 28.6 Å². The molecule has 1 aliphatic rings. The highest BCUT2D eigenvalue weighted by Crippen LogP contribution is 2.27. The summed E-state index contributed by atoms with van der Waals surface area (Å²) in [6, 6.07) is 9.36. The number of amides is 1. The Bertz CT molecular complexity index is 969. The third-order valence-electron chi connectivity index (χ3n) is 4.19. The van der Waals surface area contributed by atoms with Gasteiger partial charge in [-0.15, -0.1) is 0 Å². The molecule has 29 heavy (non-hydrogen) atoms. The van der Waals surface area contributed by atoms with Crippen molar-refractivity contribution in [2.24, 2.45) is 0 Å². The van der Waals surface area contributed by atoms with Crippen LogP contribution in [-0.2, 0) is 4.74 Å². The van der Waals surface area contributed by atoms with Crippen molar-refractivity contribution in [1.29, 1.82) is 0 Å². The van der Waals surface area contributed by atoms with E-state index in [0.717, 1.165) is 4.47 Å². The molecule has 0 spiro atoms. The lowest BCUT2D eigenvalue weighted by Crippen LogP contribution is -2.39. The number of hydrogen-bond donors (Lipinski definition) is 2. The highest BCUT2D eigenvalue weighted by Gasteiger charge is 2.22. The normalized spacial score (nSPS) is 13.7. The van der Waals surface area contributed by atoms with Crippen LogP contribution < -0.4 is 15.5 Å². The largest absolute Gasteiger partial charge is 0.378 e. The molecule has 8 nitrogen and oxygen atoms in total. The maximum atomic E-state index is 12.9. The van der Waals surface area contributed by atoms with Crippen LogP contribution in [0.25, 0.3) is 0 Å². The van der Waals surface area contributed by atoms with E-state index in [1.165, 1.54) is 12.1 Å². The summed E-state index contributed by atoms with van der Waals surface area (Å²) in [6.07, 6.45) is 0. The number of carbonyl (C=O) groups excluding carboxylic acids is 1. The lowest BCUT2D eigenvalue weighted by molar-refractivity contribution is -0.384. The van der Waals surface area contributed by atoms with E-state index in [-0.39, 0.29) is 16.4 Å². The van der Waals surface area contributed by atoms with Crippen LogP contribution in [0.1, 0.15) is 10.4 Å². The van der Waals surface area contributed by atoms with Gasteiger partial charge in [-0.2, -0.15) is 0 Å². The highest BCUT2D eigenvalue weighted by atomic mass is 79.9. The summed E-state index contributed by atoms with van der Waals surface area (Å²) in [7, 11) is 0. The Balaban J connectivity index is 1.81. The molecule has 152 valence electrons. The third-order valence-corrected chi connectivity index (χ3v) is 5.20. The fraction of sp³-hybridized carbons (Fsp3) is 0.222. The zero-order valence-electron chi connectivity index (χ0n) is 15.0. The molecule has 2 N–H and O–H groups in total. The molecular formula is C18H16BrClN4O4S. The number of nitro groups is 1. The first-order valence-electron chi connectivity index (χ1n) is 8.53. The number of morpholine rings is 1. The van der Waals surface area contributed by atoms with Crippen molar-refractivity contribution in [3.8, 4) is 0 Å². The summed E-state index contributed by atoms with van der Waals surface area (Å²) in [5, 5.41) is 17.0. The lowest BCUT2D eigenvalue weighted by Gasteiger charge is -2.30. The quantitative estimate of drug-likeness (QED) is 0.373. The molecule has 0 saturated carbocycles. The minimum atomic E-state index is -0.555. The Labute approximate surface area is 185 Å². The van der Waals surface area contributed by atoms with Gasteiger partial charge in [-0.1, -0.05) is 27.5 Å². The van der Waals surface area contributed by atoms with Gasteiger partial charge in [0, 0.05) is 29.7 Å². The van der Waals surface area contributed by atoms with Gasteiger partial charge >= 0.3 is 0 Å². The van der Waals surface area contributed by atoms with E-state index in [0.29, 0.717) is 42.7 Å². The number of rotatable bonds is 4. The smallest absolute Gasteiger partial charge is 0.270 e. The van der Waals surface area contributed by atoms with E-state index >= 15 is 0 Å². The third kappa shape index (κ3) is 5.41. The molecule has 0 aliphatic carbocycles. The van der Waals surface area contributed by atoms with Crippen LogP contribution in [0.5, 0.6) is 0 Å². The Morgan fingerprint density at radius 2 is 1.97 bits per heavy atom. The van der Waals surface area contributed by atoms with Crippen LogP contribution in [0.2, 0.25) is 5.02 Å². The monoisotopic (exact) mass is 498 g/mol. The maximum absolute atomic E-state index is 12.9. The second-order valence-corrected chi connectivity index (χ2v) is 7.82. The molecule has 0 aromatic heterocycles. The van der Waals surface area contributed by atoms with Gasteiger partial charge in [-0.05, 0) is 36.5 Å². The Hall–Kier alpha value is -2.27. The summed E-state index contributed by atoms with van der Waals surface area (Å²) in [4.78, 5) is 25.4. The fourth-order valence-corrected chi connectivity index (χ4v) is 3.74. The molecule has 0 atom stereocenters. The van der Waals surface area contributed by atoms with E-state index in [1.54, 1.807) is 24.3 Å². The molecule has 1 amide bonds. The molecule has 11 heteroatoms. The van der Waals surface area contributed by atoms with Gasteiger partial charge in [0.2, 0.25) is 0 Å². The van der Waals surface area contributed by atoms with Crippen LogP contribution in [0, 0.1) is 10.1 Å². The summed E-state index contributed by atoms with van der Waals surface area (Å²) in [6.45, 7) is 2.19. The van der Waals surface area contributed by atoms with Gasteiger partial charge in [0.05, 0.1) is 40.1 Å². The molecule has 2 aromatic carbocycles. The van der Waals surface area contributed by atoms with Crippen LogP contribution in [0.3, 0.4) is 0 Å². The Morgan fingerprint density at radius 3 is 2.62 bits per heavy atom. The van der Waals surface area contributed by atoms with Crippen molar-refractivity contribution < 1.29 is 14.5 Å². The van der Waals surface area contributed by atoms with Crippen molar-refractivity contribution in [3.05, 3.63) is 61.6 Å². The SMILES string of the molecule is O=C(NC(=S)Nc1ccc(Br)cc1Cl)c1cc([N+](=O)[O-])ccc1N1CCOCC1. The first-order valence-corrected chi connectivity index (χ1v) is 10.1. The van der Waals surface area contributed by atoms with Crippen molar-refractivity contribution in [2.45, 2.75) is 0 Å².